The number of rotatable bonds is 1. The minimum atomic E-state index is 0. The first-order chi connectivity index (χ1) is 10.9. The van der Waals surface area contributed by atoms with Crippen LogP contribution >= 0.6 is 12.4 Å². The second-order valence-electron chi connectivity index (χ2n) is 5.42. The molecule has 0 saturated carbocycles. The van der Waals surface area contributed by atoms with Gasteiger partial charge in [-0.2, -0.15) is 0 Å². The van der Waals surface area contributed by atoms with Gasteiger partial charge in [-0.05, 0) is 35.7 Å². The summed E-state index contributed by atoms with van der Waals surface area (Å²) in [6, 6.07) is 14.6. The molecule has 5 nitrogen and oxygen atoms in total. The number of fused-ring (bicyclic) bond motifs is 5. The highest BCUT2D eigenvalue weighted by Gasteiger charge is 2.12. The van der Waals surface area contributed by atoms with E-state index in [-0.39, 0.29) is 12.4 Å². The van der Waals surface area contributed by atoms with E-state index >= 15 is 0 Å². The molecule has 0 saturated heterocycles. The number of imidazole rings is 1. The number of benzene rings is 1. The summed E-state index contributed by atoms with van der Waals surface area (Å²) in [5, 5.41) is 4.51. The van der Waals surface area contributed by atoms with Crippen molar-refractivity contribution in [3.63, 3.8) is 0 Å². The van der Waals surface area contributed by atoms with Crippen LogP contribution in [0.4, 0.5) is 0 Å². The van der Waals surface area contributed by atoms with Crippen LogP contribution in [0.2, 0.25) is 0 Å². The molecule has 0 unspecified atom stereocenters. The van der Waals surface area contributed by atoms with E-state index < -0.39 is 0 Å². The largest absolute Gasteiger partial charge is 0.368 e. The monoisotopic (exact) mass is 323 g/mol. The Labute approximate surface area is 138 Å². The summed E-state index contributed by atoms with van der Waals surface area (Å²) in [6.07, 6.45) is 1.78. The Hall–Kier alpha value is -2.66. The van der Waals surface area contributed by atoms with Crippen molar-refractivity contribution >= 4 is 46.0 Å². The lowest BCUT2D eigenvalue weighted by molar-refractivity contribution is 0.960. The summed E-state index contributed by atoms with van der Waals surface area (Å²) in [7, 11) is 0. The summed E-state index contributed by atoms with van der Waals surface area (Å²) in [6.45, 7) is 1.75. The predicted octanol–water partition coefficient (Wildman–Crippen LogP) is 2.81. The van der Waals surface area contributed by atoms with E-state index in [0.29, 0.717) is 0 Å². The Morgan fingerprint density at radius 3 is 2.83 bits per heavy atom. The third kappa shape index (κ3) is 2.04. The molecule has 1 N–H and O–H groups in total. The van der Waals surface area contributed by atoms with Crippen molar-refractivity contribution in [1.29, 1.82) is 0 Å². The zero-order valence-corrected chi connectivity index (χ0v) is 13.0. The first kappa shape index (κ1) is 14.0. The van der Waals surface area contributed by atoms with Crippen LogP contribution in [0.3, 0.4) is 0 Å². The van der Waals surface area contributed by atoms with Gasteiger partial charge in [-0.1, -0.05) is 12.1 Å². The lowest BCUT2D eigenvalue weighted by Gasteiger charge is -2.07. The Bertz CT molecular complexity index is 1070. The molecule has 1 aromatic carbocycles. The number of nitrogens with one attached hydrogen (secondary N) is 1. The molecule has 0 radical (unpaired) electrons. The number of nitrogens with zero attached hydrogens (tertiary/aromatic N) is 4. The van der Waals surface area contributed by atoms with Crippen molar-refractivity contribution in [3.05, 3.63) is 54.2 Å². The maximum Gasteiger partial charge on any atom is 0.178 e. The molecule has 0 amide bonds. The van der Waals surface area contributed by atoms with Crippen molar-refractivity contribution in [2.45, 2.75) is 0 Å². The van der Waals surface area contributed by atoms with E-state index in [2.05, 4.69) is 55.0 Å². The first-order valence-electron chi connectivity index (χ1n) is 7.35. The van der Waals surface area contributed by atoms with Crippen molar-refractivity contribution < 1.29 is 0 Å². The molecule has 0 atom stereocenters. The van der Waals surface area contributed by atoms with E-state index in [1.807, 2.05) is 12.1 Å². The summed E-state index contributed by atoms with van der Waals surface area (Å²) in [5.74, 6) is 0.974. The molecule has 23 heavy (non-hydrogen) atoms. The highest BCUT2D eigenvalue weighted by Crippen LogP contribution is 2.23. The lowest BCUT2D eigenvalue weighted by Crippen LogP contribution is -2.19. The van der Waals surface area contributed by atoms with Gasteiger partial charge in [0.05, 0.1) is 17.6 Å². The van der Waals surface area contributed by atoms with Gasteiger partial charge >= 0.3 is 0 Å². The Balaban J connectivity index is 0.00000135. The fraction of sp³-hybridized carbons (Fsp3) is 0.118. The minimum Gasteiger partial charge on any atom is -0.368 e. The molecule has 4 aromatic rings. The molecule has 0 spiro atoms. The summed E-state index contributed by atoms with van der Waals surface area (Å²) in [5.41, 5.74) is 4.96. The zero-order valence-electron chi connectivity index (χ0n) is 12.2. The van der Waals surface area contributed by atoms with Gasteiger partial charge in [-0.25, -0.2) is 9.97 Å². The third-order valence-corrected chi connectivity index (χ3v) is 4.09. The number of hydrogen-bond donors (Lipinski definition) is 1. The quantitative estimate of drug-likeness (QED) is 0.586. The van der Waals surface area contributed by atoms with Crippen LogP contribution in [0, 0.1) is 0 Å². The molecule has 4 heterocycles. The standard InChI is InChI=1S/C17H13N5.ClH/c1-2-13-17(18-7-1)21-15-6-5-11-3-4-12(10-14(11)22(13)15)16-19-8-9-20-16;/h1-7,10H,8-9H2,(H,19,20);1H. The summed E-state index contributed by atoms with van der Waals surface area (Å²) in [4.78, 5) is 13.5. The SMILES string of the molecule is Cl.c1cnc2nc3ccc4ccc(C5=NCCN5)cc4n3c2c1. The van der Waals surface area contributed by atoms with Gasteiger partial charge < -0.3 is 5.32 Å². The average molecular weight is 324 g/mol. The van der Waals surface area contributed by atoms with Crippen molar-refractivity contribution in [2.24, 2.45) is 4.99 Å². The van der Waals surface area contributed by atoms with E-state index in [9.17, 15) is 0 Å². The molecular weight excluding hydrogens is 310 g/mol. The van der Waals surface area contributed by atoms with Crippen LogP contribution in [0.5, 0.6) is 0 Å². The molecule has 0 aliphatic carbocycles. The average Bonchev–Trinajstić information content (AvgIpc) is 3.21. The molecule has 6 heteroatoms. The highest BCUT2D eigenvalue weighted by atomic mass is 35.5. The normalized spacial score (nSPS) is 14.0. The molecule has 1 aliphatic rings. The number of halogens is 1. The smallest absolute Gasteiger partial charge is 0.178 e. The molecule has 114 valence electrons. The fourth-order valence-corrected chi connectivity index (χ4v) is 3.08. The summed E-state index contributed by atoms with van der Waals surface area (Å²) < 4.78 is 2.16. The lowest BCUT2D eigenvalue weighted by atomic mass is 10.1. The maximum atomic E-state index is 4.60. The number of aromatic nitrogens is 3. The van der Waals surface area contributed by atoms with Gasteiger partial charge in [-0.3, -0.25) is 9.39 Å². The van der Waals surface area contributed by atoms with Gasteiger partial charge in [0.25, 0.3) is 0 Å². The zero-order chi connectivity index (χ0) is 14.5. The number of amidine groups is 1. The van der Waals surface area contributed by atoms with E-state index in [1.54, 1.807) is 6.20 Å². The molecule has 1 aliphatic heterocycles. The van der Waals surface area contributed by atoms with Crippen LogP contribution in [0.15, 0.2) is 53.7 Å². The topological polar surface area (TPSA) is 54.6 Å². The van der Waals surface area contributed by atoms with Crippen LogP contribution in [0.25, 0.3) is 27.7 Å². The van der Waals surface area contributed by atoms with E-state index in [0.717, 1.165) is 46.8 Å². The molecule has 0 bridgehead atoms. The number of hydrogen-bond acceptors (Lipinski definition) is 4. The maximum absolute atomic E-state index is 4.60. The number of aliphatic imine (C=N–C) groups is 1. The fourth-order valence-electron chi connectivity index (χ4n) is 3.08. The number of pyridine rings is 2. The van der Waals surface area contributed by atoms with Gasteiger partial charge in [-0.15, -0.1) is 12.4 Å². The van der Waals surface area contributed by atoms with Gasteiger partial charge in [0.2, 0.25) is 0 Å². The molecule has 0 fully saturated rings. The molecular formula is C17H14ClN5. The van der Waals surface area contributed by atoms with E-state index in [4.69, 9.17) is 0 Å². The second-order valence-corrected chi connectivity index (χ2v) is 5.42. The van der Waals surface area contributed by atoms with E-state index in [1.165, 1.54) is 5.39 Å². The molecule has 3 aromatic heterocycles. The van der Waals surface area contributed by atoms with Crippen molar-refractivity contribution in [2.75, 3.05) is 13.1 Å². The molecule has 5 rings (SSSR count). The minimum absolute atomic E-state index is 0. The third-order valence-electron chi connectivity index (χ3n) is 4.09. The Kier molecular flexibility index (Phi) is 3.16. The second kappa shape index (κ2) is 5.21. The van der Waals surface area contributed by atoms with Crippen LogP contribution < -0.4 is 5.32 Å². The van der Waals surface area contributed by atoms with Gasteiger partial charge in [0.15, 0.2) is 5.65 Å². The van der Waals surface area contributed by atoms with Crippen LogP contribution in [-0.2, 0) is 0 Å². The van der Waals surface area contributed by atoms with Crippen LogP contribution in [-0.4, -0.2) is 33.3 Å². The van der Waals surface area contributed by atoms with Crippen LogP contribution in [0.1, 0.15) is 5.56 Å². The van der Waals surface area contributed by atoms with Gasteiger partial charge in [0, 0.05) is 18.3 Å². The Morgan fingerprint density at radius 1 is 1.04 bits per heavy atom. The predicted molar refractivity (Wildman–Crippen MR) is 94.7 cm³/mol. The first-order valence-corrected chi connectivity index (χ1v) is 7.35. The summed E-state index contributed by atoms with van der Waals surface area (Å²) >= 11 is 0. The highest BCUT2D eigenvalue weighted by molar-refractivity contribution is 6.03. The van der Waals surface area contributed by atoms with Crippen molar-refractivity contribution in [1.82, 2.24) is 19.7 Å². The van der Waals surface area contributed by atoms with Crippen molar-refractivity contribution in [3.8, 4) is 0 Å². The Morgan fingerprint density at radius 2 is 1.96 bits per heavy atom. The van der Waals surface area contributed by atoms with Gasteiger partial charge in [0.1, 0.15) is 11.5 Å².